The number of hydrogen-bond donors (Lipinski definition) is 0. The highest BCUT2D eigenvalue weighted by atomic mass is 16.5. The van der Waals surface area contributed by atoms with Crippen LogP contribution in [0.4, 0.5) is 0 Å². The third kappa shape index (κ3) is 3.44. The monoisotopic (exact) mass is 346 g/mol. The molecule has 2 aromatic rings. The summed E-state index contributed by atoms with van der Waals surface area (Å²) < 4.78 is 10.6. The lowest BCUT2D eigenvalue weighted by Crippen LogP contribution is -2.43. The van der Waals surface area contributed by atoms with Crippen LogP contribution in [0.25, 0.3) is 0 Å². The largest absolute Gasteiger partial charge is 0.408 e. The van der Waals surface area contributed by atoms with Crippen molar-refractivity contribution in [3.05, 3.63) is 59.7 Å². The molecule has 0 atom stereocenters. The number of hydrogen-bond acceptors (Lipinski definition) is 3. The van der Waals surface area contributed by atoms with Crippen LogP contribution in [0.1, 0.15) is 38.8 Å². The molecule has 0 unspecified atom stereocenters. The van der Waals surface area contributed by atoms with E-state index in [1.807, 2.05) is 64.1 Å². The van der Waals surface area contributed by atoms with E-state index in [-0.39, 0.29) is 5.78 Å². The van der Waals surface area contributed by atoms with Gasteiger partial charge in [-0.15, -0.1) is 0 Å². The molecule has 0 spiro atoms. The van der Waals surface area contributed by atoms with Gasteiger partial charge in [0.25, 0.3) is 0 Å². The summed E-state index contributed by atoms with van der Waals surface area (Å²) in [6.07, 6.45) is 14.9. The maximum absolute atomic E-state index is 13.6. The average Bonchev–Trinajstić information content (AvgIpc) is 2.62. The Hall–Kier alpha value is -3.17. The molecular weight excluding hydrogens is 324 g/mol. The topological polar surface area (TPSA) is 35.5 Å². The van der Waals surface area contributed by atoms with Gasteiger partial charge in [0.05, 0.1) is 10.8 Å². The third-order valence-electron chi connectivity index (χ3n) is 4.59. The Kier molecular flexibility index (Phi) is 5.44. The molecule has 2 rings (SSSR count). The van der Waals surface area contributed by atoms with E-state index in [9.17, 15) is 4.79 Å². The number of Topliss-reactive ketones (excluding diaryl/α,β-unsaturated/α-hetero) is 1. The molecule has 2 aromatic carbocycles. The van der Waals surface area contributed by atoms with Crippen molar-refractivity contribution in [1.82, 2.24) is 0 Å². The first-order valence-corrected chi connectivity index (χ1v) is 8.25. The molecule has 0 heterocycles. The minimum Gasteiger partial charge on any atom is -0.408 e. The lowest BCUT2D eigenvalue weighted by atomic mass is 9.67. The molecule has 0 aromatic heterocycles. The van der Waals surface area contributed by atoms with Crippen molar-refractivity contribution in [2.75, 3.05) is 0 Å². The summed E-state index contributed by atoms with van der Waals surface area (Å²) in [5.41, 5.74) is -0.238. The average molecular weight is 346 g/mol. The van der Waals surface area contributed by atoms with Gasteiger partial charge in [-0.25, -0.2) is 0 Å². The van der Waals surface area contributed by atoms with Crippen LogP contribution in [0.15, 0.2) is 48.5 Å². The molecule has 0 saturated carbocycles. The van der Waals surface area contributed by atoms with E-state index in [4.69, 9.17) is 22.3 Å². The van der Waals surface area contributed by atoms with Gasteiger partial charge in [0, 0.05) is 11.1 Å². The number of para-hydroxylation sites is 2. The molecule has 3 nitrogen and oxygen atoms in total. The van der Waals surface area contributed by atoms with Crippen LogP contribution in [0, 0.1) is 25.1 Å². The van der Waals surface area contributed by atoms with Gasteiger partial charge >= 0.3 is 0 Å². The molecule has 0 N–H and O–H groups in total. The van der Waals surface area contributed by atoms with E-state index in [1.54, 1.807) is 12.1 Å². The predicted molar refractivity (Wildman–Crippen MR) is 103 cm³/mol. The molecule has 0 aliphatic carbocycles. The second-order valence-corrected chi connectivity index (χ2v) is 7.01. The van der Waals surface area contributed by atoms with Gasteiger partial charge in [-0.2, -0.15) is 0 Å². The van der Waals surface area contributed by atoms with Crippen LogP contribution in [0.5, 0.6) is 11.5 Å². The lowest BCUT2D eigenvalue weighted by Gasteiger charge is -2.35. The molecule has 0 bridgehead atoms. The molecule has 0 amide bonds. The highest BCUT2D eigenvalue weighted by Crippen LogP contribution is 2.41. The number of ketones is 1. The van der Waals surface area contributed by atoms with Gasteiger partial charge in [-0.1, -0.05) is 49.2 Å². The van der Waals surface area contributed by atoms with Crippen LogP contribution in [0.2, 0.25) is 0 Å². The second kappa shape index (κ2) is 7.38. The first kappa shape index (κ1) is 19.2. The number of carbonyl (C=O) groups excluding carboxylic acids is 1. The molecular formula is C23H22O3. The maximum Gasteiger partial charge on any atom is 0.153 e. The number of ether oxygens (including phenoxy) is 2. The fourth-order valence-electron chi connectivity index (χ4n) is 3.30. The molecule has 0 radical (unpaired) electrons. The molecule has 26 heavy (non-hydrogen) atoms. The standard InChI is InChI=1S/C23H22O3/c1-7-25-19-15-11-9-13-17(19)22(3,4)21(24)23(5,6)18-14-10-12-16-20(18)26-8-2/h1-2,9-16H,3-6H3. The number of rotatable bonds is 6. The van der Waals surface area contributed by atoms with E-state index in [0.29, 0.717) is 11.5 Å². The van der Waals surface area contributed by atoms with Crippen molar-refractivity contribution in [3.63, 3.8) is 0 Å². The van der Waals surface area contributed by atoms with Crippen LogP contribution in [0.3, 0.4) is 0 Å². The zero-order valence-corrected chi connectivity index (χ0v) is 15.5. The van der Waals surface area contributed by atoms with Gasteiger partial charge in [-0.3, -0.25) is 4.79 Å². The van der Waals surface area contributed by atoms with Crippen molar-refractivity contribution in [3.8, 4) is 36.6 Å². The van der Waals surface area contributed by atoms with E-state index >= 15 is 0 Å². The SMILES string of the molecule is C#COc1ccccc1C(C)(C)C(=O)C(C)(C)c1ccccc1OC#C. The quantitative estimate of drug-likeness (QED) is 0.725. The number of terminal acetylenes is 2. The summed E-state index contributed by atoms with van der Waals surface area (Å²) in [6.45, 7) is 7.45. The summed E-state index contributed by atoms with van der Waals surface area (Å²) in [5.74, 6) is 0.987. The minimum atomic E-state index is -0.847. The molecule has 0 aliphatic rings. The molecule has 0 saturated heterocycles. The lowest BCUT2D eigenvalue weighted by molar-refractivity contribution is -0.128. The fourth-order valence-corrected chi connectivity index (χ4v) is 3.30. The minimum absolute atomic E-state index is 0.00820. The Bertz CT molecular complexity index is 819. The Morgan fingerprint density at radius 3 is 1.46 bits per heavy atom. The first-order valence-electron chi connectivity index (χ1n) is 8.25. The molecule has 0 aliphatic heterocycles. The highest BCUT2D eigenvalue weighted by Gasteiger charge is 2.43. The predicted octanol–water partition coefficient (Wildman–Crippen LogP) is 4.45. The summed E-state index contributed by atoms with van der Waals surface area (Å²) in [4.78, 5) is 13.6. The Labute approximate surface area is 155 Å². The summed E-state index contributed by atoms with van der Waals surface area (Å²) in [5, 5.41) is 0. The van der Waals surface area contributed by atoms with Crippen LogP contribution < -0.4 is 9.47 Å². The fraction of sp³-hybridized carbons (Fsp3) is 0.261. The van der Waals surface area contributed by atoms with Crippen molar-refractivity contribution in [2.24, 2.45) is 0 Å². The smallest absolute Gasteiger partial charge is 0.153 e. The zero-order valence-electron chi connectivity index (χ0n) is 15.5. The van der Waals surface area contributed by atoms with Gasteiger partial charge in [-0.05, 0) is 39.8 Å². The van der Waals surface area contributed by atoms with Gasteiger partial charge in [0.15, 0.2) is 5.78 Å². The van der Waals surface area contributed by atoms with E-state index in [2.05, 4.69) is 12.2 Å². The van der Waals surface area contributed by atoms with Crippen molar-refractivity contribution in [2.45, 2.75) is 38.5 Å². The summed E-state index contributed by atoms with van der Waals surface area (Å²) >= 11 is 0. The third-order valence-corrected chi connectivity index (χ3v) is 4.59. The summed E-state index contributed by atoms with van der Waals surface area (Å²) in [7, 11) is 0. The van der Waals surface area contributed by atoms with Crippen molar-refractivity contribution in [1.29, 1.82) is 0 Å². The van der Waals surface area contributed by atoms with Crippen LogP contribution in [-0.4, -0.2) is 5.78 Å². The Morgan fingerprint density at radius 1 is 0.769 bits per heavy atom. The second-order valence-electron chi connectivity index (χ2n) is 7.01. The maximum atomic E-state index is 13.6. The Morgan fingerprint density at radius 2 is 1.12 bits per heavy atom. The molecule has 0 fully saturated rings. The number of carbonyl (C=O) groups is 1. The van der Waals surface area contributed by atoms with Crippen LogP contribution >= 0.6 is 0 Å². The summed E-state index contributed by atoms with van der Waals surface area (Å²) in [6, 6.07) is 14.6. The normalized spacial score (nSPS) is 11.2. The van der Waals surface area contributed by atoms with E-state index < -0.39 is 10.8 Å². The van der Waals surface area contributed by atoms with Crippen molar-refractivity contribution >= 4 is 5.78 Å². The van der Waals surface area contributed by atoms with Crippen molar-refractivity contribution < 1.29 is 14.3 Å². The van der Waals surface area contributed by atoms with E-state index in [1.165, 1.54) is 0 Å². The van der Waals surface area contributed by atoms with Gasteiger partial charge in [0.1, 0.15) is 23.7 Å². The molecule has 3 heteroatoms. The number of benzene rings is 2. The van der Waals surface area contributed by atoms with E-state index in [0.717, 1.165) is 11.1 Å². The molecule has 132 valence electrons. The van der Waals surface area contributed by atoms with Crippen LogP contribution in [-0.2, 0) is 15.6 Å². The van der Waals surface area contributed by atoms with Gasteiger partial charge in [0.2, 0.25) is 0 Å². The van der Waals surface area contributed by atoms with Gasteiger partial charge < -0.3 is 9.47 Å². The zero-order chi connectivity index (χ0) is 19.4. The first-order chi connectivity index (χ1) is 12.3. The Balaban J connectivity index is 2.53. The highest BCUT2D eigenvalue weighted by molar-refractivity contribution is 5.98.